The van der Waals surface area contributed by atoms with Gasteiger partial charge in [-0.15, -0.1) is 0 Å². The van der Waals surface area contributed by atoms with Crippen molar-refractivity contribution in [2.45, 2.75) is 49.7 Å². The van der Waals surface area contributed by atoms with E-state index in [0.717, 1.165) is 24.8 Å². The zero-order valence-corrected chi connectivity index (χ0v) is 16.2. The van der Waals surface area contributed by atoms with E-state index in [-0.39, 0.29) is 22.9 Å². The average Bonchev–Trinajstić information content (AvgIpc) is 2.66. The first-order valence-corrected chi connectivity index (χ1v) is 10.7. The van der Waals surface area contributed by atoms with E-state index in [1.165, 1.54) is 23.3 Å². The smallest absolute Gasteiger partial charge is 0.278 e. The third kappa shape index (κ3) is 4.94. The number of carbonyl (C=O) groups is 1. The van der Waals surface area contributed by atoms with Crippen LogP contribution >= 0.6 is 0 Å². The van der Waals surface area contributed by atoms with Gasteiger partial charge >= 0.3 is 0 Å². The molecule has 0 spiro atoms. The number of fused-ring (bicyclic) bond motifs is 1. The predicted molar refractivity (Wildman–Crippen MR) is 103 cm³/mol. The third-order valence-corrected chi connectivity index (χ3v) is 5.99. The van der Waals surface area contributed by atoms with Crippen LogP contribution in [0, 0.1) is 0 Å². The monoisotopic (exact) mass is 388 g/mol. The Morgan fingerprint density at radius 2 is 1.93 bits per heavy atom. The normalized spacial score (nSPS) is 17.8. The molecule has 6 nitrogen and oxygen atoms in total. The van der Waals surface area contributed by atoms with Gasteiger partial charge in [0.25, 0.3) is 5.91 Å². The molecule has 0 unspecified atom stereocenters. The molecule has 0 bridgehead atoms. The molecule has 0 aliphatic heterocycles. The summed E-state index contributed by atoms with van der Waals surface area (Å²) < 4.78 is 22.6. The summed E-state index contributed by atoms with van der Waals surface area (Å²) in [6.07, 6.45) is 3.11. The minimum Gasteiger partial charge on any atom is -0.344 e. The molecule has 0 fully saturated rings. The van der Waals surface area contributed by atoms with E-state index in [2.05, 4.69) is 17.4 Å². The molecule has 0 aromatic heterocycles. The highest BCUT2D eigenvalue weighted by molar-refractivity contribution is 7.89. The number of amides is 1. The molecule has 2 atom stereocenters. The number of carbonyl (C=O) groups excluding carboxylic acids is 1. The third-order valence-electron chi connectivity index (χ3n) is 5.06. The molecule has 0 saturated carbocycles. The van der Waals surface area contributed by atoms with Gasteiger partial charge in [0.15, 0.2) is 6.04 Å². The van der Waals surface area contributed by atoms with Gasteiger partial charge in [-0.05, 0) is 49.4 Å². The fraction of sp³-hybridized carbons (Fsp3) is 0.350. The van der Waals surface area contributed by atoms with Crippen LogP contribution in [0.25, 0.3) is 0 Å². The fourth-order valence-corrected chi connectivity index (χ4v) is 3.96. The zero-order chi connectivity index (χ0) is 19.4. The Bertz CT molecular complexity index is 910. The van der Waals surface area contributed by atoms with Crippen LogP contribution in [0.2, 0.25) is 0 Å². The lowest BCUT2D eigenvalue weighted by atomic mass is 9.87. The van der Waals surface area contributed by atoms with Gasteiger partial charge in [-0.3, -0.25) is 4.79 Å². The summed E-state index contributed by atoms with van der Waals surface area (Å²) in [5, 5.41) is 10.2. The van der Waals surface area contributed by atoms with Crippen LogP contribution in [0.1, 0.15) is 42.5 Å². The number of sulfonamides is 1. The number of rotatable bonds is 6. The Hall–Kier alpha value is -2.22. The van der Waals surface area contributed by atoms with Crippen molar-refractivity contribution in [3.8, 4) is 0 Å². The Labute approximate surface area is 160 Å². The van der Waals surface area contributed by atoms with E-state index in [9.17, 15) is 13.2 Å². The standard InChI is InChI=1S/C20H25N3O3S/c1-14(22-13-15-9-11-17(12-10-15)27(21,25)26)20(24)23-19-8-4-6-16-5-2-3-7-18(16)19/h2-3,5,7,9-12,14,19,22H,4,6,8,13H2,1H3,(H,23,24)(H2,21,25,26)/p+1/t14-,19-/m1/s1. The lowest BCUT2D eigenvalue weighted by molar-refractivity contribution is -0.689. The first kappa shape index (κ1) is 19.5. The van der Waals surface area contributed by atoms with Crippen LogP contribution < -0.4 is 15.8 Å². The van der Waals surface area contributed by atoms with Gasteiger partial charge in [-0.25, -0.2) is 13.6 Å². The second kappa shape index (κ2) is 8.21. The Balaban J connectivity index is 1.56. The Kier molecular flexibility index (Phi) is 5.94. The highest BCUT2D eigenvalue weighted by Gasteiger charge is 2.24. The molecule has 0 radical (unpaired) electrons. The van der Waals surface area contributed by atoms with Crippen LogP contribution in [-0.4, -0.2) is 20.4 Å². The number of hydrogen-bond donors (Lipinski definition) is 3. The van der Waals surface area contributed by atoms with Crippen molar-refractivity contribution in [3.63, 3.8) is 0 Å². The lowest BCUT2D eigenvalue weighted by Crippen LogP contribution is -2.90. The SMILES string of the molecule is C[C@@H]([NH2+]Cc1ccc(S(N)(=O)=O)cc1)C(=O)N[C@@H]1CCCc2ccccc21. The lowest BCUT2D eigenvalue weighted by Gasteiger charge is -2.27. The topological polar surface area (TPSA) is 106 Å². The number of nitrogens with two attached hydrogens (primary N) is 2. The van der Waals surface area contributed by atoms with Crippen LogP contribution in [-0.2, 0) is 27.8 Å². The molecule has 5 N–H and O–H groups in total. The van der Waals surface area contributed by atoms with E-state index in [0.29, 0.717) is 6.54 Å². The van der Waals surface area contributed by atoms with Gasteiger partial charge in [0, 0.05) is 5.56 Å². The summed E-state index contributed by atoms with van der Waals surface area (Å²) in [6.45, 7) is 2.46. The van der Waals surface area contributed by atoms with Crippen molar-refractivity contribution in [2.75, 3.05) is 0 Å². The molecule has 144 valence electrons. The predicted octanol–water partition coefficient (Wildman–Crippen LogP) is 0.980. The fourth-order valence-electron chi connectivity index (χ4n) is 3.44. The van der Waals surface area contributed by atoms with Gasteiger partial charge in [0.1, 0.15) is 6.54 Å². The van der Waals surface area contributed by atoms with Gasteiger partial charge in [-0.1, -0.05) is 36.4 Å². The maximum Gasteiger partial charge on any atom is 0.278 e. The molecule has 2 aromatic carbocycles. The van der Waals surface area contributed by atoms with Crippen molar-refractivity contribution >= 4 is 15.9 Å². The van der Waals surface area contributed by atoms with Crippen molar-refractivity contribution in [1.29, 1.82) is 0 Å². The van der Waals surface area contributed by atoms with Crippen molar-refractivity contribution < 1.29 is 18.5 Å². The maximum atomic E-state index is 12.6. The molecule has 0 saturated heterocycles. The first-order valence-electron chi connectivity index (χ1n) is 9.18. The minimum atomic E-state index is -3.68. The molecule has 27 heavy (non-hydrogen) atoms. The number of nitrogens with one attached hydrogen (secondary N) is 1. The number of aryl methyl sites for hydroxylation is 1. The van der Waals surface area contributed by atoms with E-state index < -0.39 is 10.0 Å². The molecular formula is C20H26N3O3S+. The number of primary sulfonamides is 1. The molecule has 1 aliphatic rings. The summed E-state index contributed by atoms with van der Waals surface area (Å²) in [6, 6.07) is 14.5. The first-order chi connectivity index (χ1) is 12.8. The zero-order valence-electron chi connectivity index (χ0n) is 15.4. The van der Waals surface area contributed by atoms with Gasteiger partial charge in [0.05, 0.1) is 10.9 Å². The minimum absolute atomic E-state index is 0.0119. The molecule has 2 aromatic rings. The molecular weight excluding hydrogens is 362 g/mol. The van der Waals surface area contributed by atoms with Crippen LogP contribution in [0.3, 0.4) is 0 Å². The second-order valence-electron chi connectivity index (χ2n) is 7.07. The van der Waals surface area contributed by atoms with Gasteiger partial charge in [-0.2, -0.15) is 0 Å². The second-order valence-corrected chi connectivity index (χ2v) is 8.63. The highest BCUT2D eigenvalue weighted by Crippen LogP contribution is 2.29. The molecule has 1 aliphatic carbocycles. The van der Waals surface area contributed by atoms with E-state index in [1.54, 1.807) is 12.1 Å². The van der Waals surface area contributed by atoms with Gasteiger partial charge < -0.3 is 10.6 Å². The quantitative estimate of drug-likeness (QED) is 0.687. The summed E-state index contributed by atoms with van der Waals surface area (Å²) in [5.74, 6) is 0.0119. The van der Waals surface area contributed by atoms with Crippen molar-refractivity contribution in [2.24, 2.45) is 5.14 Å². The summed E-state index contributed by atoms with van der Waals surface area (Å²) in [7, 11) is -3.68. The average molecular weight is 389 g/mol. The van der Waals surface area contributed by atoms with Crippen LogP contribution in [0.5, 0.6) is 0 Å². The summed E-state index contributed by atoms with van der Waals surface area (Å²) in [5.41, 5.74) is 3.48. The Morgan fingerprint density at radius 3 is 2.63 bits per heavy atom. The van der Waals surface area contributed by atoms with E-state index >= 15 is 0 Å². The molecule has 3 rings (SSSR count). The number of quaternary nitrogens is 1. The highest BCUT2D eigenvalue weighted by atomic mass is 32.2. The van der Waals surface area contributed by atoms with Crippen molar-refractivity contribution in [3.05, 3.63) is 65.2 Å². The largest absolute Gasteiger partial charge is 0.344 e. The van der Waals surface area contributed by atoms with E-state index in [1.807, 2.05) is 24.4 Å². The summed E-state index contributed by atoms with van der Waals surface area (Å²) in [4.78, 5) is 12.7. The number of hydrogen-bond acceptors (Lipinski definition) is 3. The van der Waals surface area contributed by atoms with Crippen LogP contribution in [0.15, 0.2) is 53.4 Å². The van der Waals surface area contributed by atoms with Gasteiger partial charge in [0.2, 0.25) is 10.0 Å². The molecule has 7 heteroatoms. The molecule has 0 heterocycles. The van der Waals surface area contributed by atoms with E-state index in [4.69, 9.17) is 5.14 Å². The van der Waals surface area contributed by atoms with Crippen LogP contribution in [0.4, 0.5) is 0 Å². The number of benzene rings is 2. The Morgan fingerprint density at radius 1 is 1.22 bits per heavy atom. The summed E-state index contributed by atoms with van der Waals surface area (Å²) >= 11 is 0. The molecule has 1 amide bonds. The maximum absolute atomic E-state index is 12.6. The van der Waals surface area contributed by atoms with Crippen molar-refractivity contribution in [1.82, 2.24) is 5.32 Å².